The topological polar surface area (TPSA) is 58.7 Å². The summed E-state index contributed by atoms with van der Waals surface area (Å²) in [5.74, 6) is 0. The van der Waals surface area contributed by atoms with Crippen LogP contribution in [0.15, 0.2) is 30.3 Å². The Kier molecular flexibility index (Phi) is 4.93. The van der Waals surface area contributed by atoms with Gasteiger partial charge in [-0.1, -0.05) is 37.3 Å². The number of hydrogen-bond donors (Lipinski definition) is 2. The predicted octanol–water partition coefficient (Wildman–Crippen LogP) is 0.596. The second-order valence-corrected chi connectivity index (χ2v) is 5.51. The van der Waals surface area contributed by atoms with Gasteiger partial charge in [0.2, 0.25) is 0 Å². The predicted molar refractivity (Wildman–Crippen MR) is 76.1 cm³/mol. The van der Waals surface area contributed by atoms with E-state index >= 15 is 0 Å². The van der Waals surface area contributed by atoms with Crippen LogP contribution in [-0.2, 0) is 10.2 Å². The summed E-state index contributed by atoms with van der Waals surface area (Å²) in [4.78, 5) is 2.30. The van der Waals surface area contributed by atoms with E-state index in [4.69, 9.17) is 10.5 Å². The van der Waals surface area contributed by atoms with Crippen LogP contribution in [0.1, 0.15) is 12.5 Å². The summed E-state index contributed by atoms with van der Waals surface area (Å²) in [6.45, 7) is 5.95. The molecule has 0 bridgehead atoms. The van der Waals surface area contributed by atoms with Crippen LogP contribution in [0.4, 0.5) is 0 Å². The number of aliphatic hydroxyl groups is 1. The molecule has 2 atom stereocenters. The molecular formula is C15H24N2O2. The molecule has 0 saturated carbocycles. The lowest BCUT2D eigenvalue weighted by atomic mass is 9.81. The van der Waals surface area contributed by atoms with Crippen LogP contribution < -0.4 is 5.73 Å². The minimum atomic E-state index is -0.0913. The van der Waals surface area contributed by atoms with Gasteiger partial charge < -0.3 is 15.6 Å². The lowest BCUT2D eigenvalue weighted by Crippen LogP contribution is -2.53. The van der Waals surface area contributed by atoms with E-state index in [-0.39, 0.29) is 18.1 Å². The number of benzene rings is 1. The fourth-order valence-electron chi connectivity index (χ4n) is 2.63. The first-order chi connectivity index (χ1) is 9.19. The molecule has 0 aromatic heterocycles. The van der Waals surface area contributed by atoms with Gasteiger partial charge >= 0.3 is 0 Å². The Bertz CT molecular complexity index is 385. The highest BCUT2D eigenvalue weighted by atomic mass is 16.5. The van der Waals surface area contributed by atoms with Crippen LogP contribution in [0.5, 0.6) is 0 Å². The van der Waals surface area contributed by atoms with E-state index in [0.717, 1.165) is 19.7 Å². The number of morpholine rings is 1. The maximum absolute atomic E-state index is 9.45. The zero-order chi connectivity index (χ0) is 13.7. The van der Waals surface area contributed by atoms with Crippen molar-refractivity contribution in [3.8, 4) is 0 Å². The van der Waals surface area contributed by atoms with Gasteiger partial charge in [-0.15, -0.1) is 0 Å². The number of ether oxygens (including phenoxy) is 1. The van der Waals surface area contributed by atoms with E-state index in [1.54, 1.807) is 0 Å². The van der Waals surface area contributed by atoms with E-state index < -0.39 is 0 Å². The number of hydrogen-bond acceptors (Lipinski definition) is 4. The molecule has 0 aliphatic carbocycles. The molecule has 1 heterocycles. The van der Waals surface area contributed by atoms with Crippen molar-refractivity contribution in [3.63, 3.8) is 0 Å². The molecule has 4 nitrogen and oxygen atoms in total. The van der Waals surface area contributed by atoms with Gasteiger partial charge in [0.1, 0.15) is 0 Å². The fraction of sp³-hybridized carbons (Fsp3) is 0.600. The highest BCUT2D eigenvalue weighted by molar-refractivity contribution is 5.25. The summed E-state index contributed by atoms with van der Waals surface area (Å²) < 4.78 is 5.42. The van der Waals surface area contributed by atoms with Crippen molar-refractivity contribution in [2.45, 2.75) is 18.4 Å². The van der Waals surface area contributed by atoms with Gasteiger partial charge in [-0.2, -0.15) is 0 Å². The highest BCUT2D eigenvalue weighted by Gasteiger charge is 2.32. The third kappa shape index (κ3) is 3.34. The maximum Gasteiger partial charge on any atom is 0.0644 e. The molecule has 1 aromatic rings. The van der Waals surface area contributed by atoms with Crippen LogP contribution in [-0.4, -0.2) is 55.5 Å². The van der Waals surface area contributed by atoms with E-state index in [1.807, 2.05) is 18.2 Å². The fourth-order valence-corrected chi connectivity index (χ4v) is 2.63. The van der Waals surface area contributed by atoms with Crippen molar-refractivity contribution in [3.05, 3.63) is 35.9 Å². The van der Waals surface area contributed by atoms with Crippen LogP contribution >= 0.6 is 0 Å². The molecule has 2 unspecified atom stereocenters. The third-order valence-corrected chi connectivity index (χ3v) is 4.03. The Morgan fingerprint density at radius 2 is 2.16 bits per heavy atom. The smallest absolute Gasteiger partial charge is 0.0644 e. The molecule has 0 spiro atoms. The third-order valence-electron chi connectivity index (χ3n) is 4.03. The first-order valence-corrected chi connectivity index (χ1v) is 6.88. The Labute approximate surface area is 115 Å². The van der Waals surface area contributed by atoms with E-state index in [9.17, 15) is 5.11 Å². The quantitative estimate of drug-likeness (QED) is 0.817. The Morgan fingerprint density at radius 3 is 2.79 bits per heavy atom. The van der Waals surface area contributed by atoms with Crippen molar-refractivity contribution in [2.24, 2.45) is 5.73 Å². The zero-order valence-electron chi connectivity index (χ0n) is 11.6. The number of rotatable bonds is 5. The Morgan fingerprint density at radius 1 is 1.42 bits per heavy atom. The monoisotopic (exact) mass is 264 g/mol. The minimum absolute atomic E-state index is 0.0864. The van der Waals surface area contributed by atoms with Gasteiger partial charge in [-0.05, 0) is 5.56 Å². The van der Waals surface area contributed by atoms with Crippen LogP contribution in [0.2, 0.25) is 0 Å². The number of nitrogens with two attached hydrogens (primary N) is 1. The number of nitrogens with zero attached hydrogens (tertiary/aromatic N) is 1. The van der Waals surface area contributed by atoms with Crippen LogP contribution in [0, 0.1) is 0 Å². The van der Waals surface area contributed by atoms with Crippen molar-refractivity contribution in [1.82, 2.24) is 4.90 Å². The van der Waals surface area contributed by atoms with Crippen LogP contribution in [0.3, 0.4) is 0 Å². The van der Waals surface area contributed by atoms with Crippen molar-refractivity contribution in [2.75, 3.05) is 39.5 Å². The molecule has 0 amide bonds. The summed E-state index contributed by atoms with van der Waals surface area (Å²) in [6.07, 6.45) is 0. The molecule has 1 saturated heterocycles. The van der Waals surface area contributed by atoms with Crippen molar-refractivity contribution in [1.29, 1.82) is 0 Å². The van der Waals surface area contributed by atoms with Gasteiger partial charge in [0.05, 0.1) is 25.9 Å². The Balaban J connectivity index is 2.13. The standard InChI is InChI=1S/C15H24N2O2/c1-15(11-16,13-5-3-2-4-6-13)12-17-7-8-19-10-14(17)9-18/h2-6,14,18H,7-12,16H2,1H3. The van der Waals surface area contributed by atoms with Crippen molar-refractivity contribution >= 4 is 0 Å². The molecule has 1 fully saturated rings. The van der Waals surface area contributed by atoms with Gasteiger partial charge in [0, 0.05) is 25.0 Å². The van der Waals surface area contributed by atoms with Gasteiger partial charge in [-0.25, -0.2) is 0 Å². The number of aliphatic hydroxyl groups excluding tert-OH is 1. The summed E-state index contributed by atoms with van der Waals surface area (Å²) in [5.41, 5.74) is 7.18. The molecule has 1 aliphatic heterocycles. The van der Waals surface area contributed by atoms with E-state index in [1.165, 1.54) is 5.56 Å². The second-order valence-electron chi connectivity index (χ2n) is 5.51. The molecule has 3 N–H and O–H groups in total. The molecule has 1 aliphatic rings. The SMILES string of the molecule is CC(CN)(CN1CCOCC1CO)c1ccccc1. The zero-order valence-corrected chi connectivity index (χ0v) is 11.6. The first-order valence-electron chi connectivity index (χ1n) is 6.88. The van der Waals surface area contributed by atoms with E-state index in [2.05, 4.69) is 24.0 Å². The Hall–Kier alpha value is -0.940. The van der Waals surface area contributed by atoms with E-state index in [0.29, 0.717) is 13.2 Å². The second kappa shape index (κ2) is 6.48. The summed E-state index contributed by atoms with van der Waals surface area (Å²) in [7, 11) is 0. The molecular weight excluding hydrogens is 240 g/mol. The average Bonchev–Trinajstić information content (AvgIpc) is 2.48. The highest BCUT2D eigenvalue weighted by Crippen LogP contribution is 2.25. The summed E-state index contributed by atoms with van der Waals surface area (Å²) in [6, 6.07) is 10.5. The molecule has 19 heavy (non-hydrogen) atoms. The minimum Gasteiger partial charge on any atom is -0.395 e. The maximum atomic E-state index is 9.45. The van der Waals surface area contributed by atoms with Gasteiger partial charge in [0.15, 0.2) is 0 Å². The first kappa shape index (κ1) is 14.5. The van der Waals surface area contributed by atoms with Crippen LogP contribution in [0.25, 0.3) is 0 Å². The lowest BCUT2D eigenvalue weighted by Gasteiger charge is -2.41. The normalized spacial score (nSPS) is 24.1. The largest absolute Gasteiger partial charge is 0.395 e. The average molecular weight is 264 g/mol. The van der Waals surface area contributed by atoms with Gasteiger partial charge in [-0.3, -0.25) is 4.90 Å². The molecule has 4 heteroatoms. The molecule has 0 radical (unpaired) electrons. The summed E-state index contributed by atoms with van der Waals surface area (Å²) >= 11 is 0. The molecule has 2 rings (SSSR count). The lowest BCUT2D eigenvalue weighted by molar-refractivity contribution is -0.0349. The van der Waals surface area contributed by atoms with Gasteiger partial charge in [0.25, 0.3) is 0 Å². The summed E-state index contributed by atoms with van der Waals surface area (Å²) in [5, 5.41) is 9.45. The molecule has 1 aromatic carbocycles. The van der Waals surface area contributed by atoms with Crippen molar-refractivity contribution < 1.29 is 9.84 Å². The molecule has 106 valence electrons.